The molecule has 1 N–H and O–H groups in total. The summed E-state index contributed by atoms with van der Waals surface area (Å²) in [7, 11) is 0. The van der Waals surface area contributed by atoms with Gasteiger partial charge in [-0.15, -0.1) is 34.0 Å². The number of nitrogens with one attached hydrogen (secondary N) is 1. The second kappa shape index (κ2) is 11.8. The maximum Gasteiger partial charge on any atom is 0.0468 e. The summed E-state index contributed by atoms with van der Waals surface area (Å²) in [6, 6.07) is 46.5. The minimum absolute atomic E-state index is 1.10. The van der Waals surface area contributed by atoms with Crippen LogP contribution >= 0.6 is 34.0 Å². The van der Waals surface area contributed by atoms with Gasteiger partial charge >= 0.3 is 0 Å². The van der Waals surface area contributed by atoms with Gasteiger partial charge in [-0.3, -0.25) is 0 Å². The van der Waals surface area contributed by atoms with Crippen LogP contribution in [-0.4, -0.2) is 0 Å². The second-order valence-corrected chi connectivity index (χ2v) is 15.1. The van der Waals surface area contributed by atoms with Crippen molar-refractivity contribution in [2.24, 2.45) is 0 Å². The van der Waals surface area contributed by atoms with Crippen molar-refractivity contribution in [2.75, 3.05) is 10.2 Å². The number of thiophene rings is 3. The van der Waals surface area contributed by atoms with Crippen molar-refractivity contribution in [3.63, 3.8) is 0 Å². The van der Waals surface area contributed by atoms with Gasteiger partial charge in [0.05, 0.1) is 0 Å². The second-order valence-electron chi connectivity index (χ2n) is 11.9. The molecule has 0 saturated heterocycles. The molecule has 9 aromatic rings. The number of hydrogen-bond acceptors (Lipinski definition) is 5. The number of nitrogens with zero attached hydrogens (tertiary/aromatic N) is 1. The van der Waals surface area contributed by atoms with E-state index in [0.29, 0.717) is 0 Å². The molecule has 3 aromatic heterocycles. The van der Waals surface area contributed by atoms with E-state index in [1.165, 1.54) is 60.9 Å². The van der Waals surface area contributed by atoms with Crippen LogP contribution in [0.25, 0.3) is 62.6 Å². The van der Waals surface area contributed by atoms with Gasteiger partial charge in [0, 0.05) is 89.3 Å². The Morgan fingerprint density at radius 3 is 1.92 bits per heavy atom. The molecule has 6 aromatic carbocycles. The average molecular weight is 671 g/mol. The van der Waals surface area contributed by atoms with Crippen LogP contribution in [0.15, 0.2) is 140 Å². The summed E-state index contributed by atoms with van der Waals surface area (Å²) in [6.45, 7) is 6.15. The van der Waals surface area contributed by atoms with Gasteiger partial charge in [-0.2, -0.15) is 0 Å². The minimum Gasteiger partial charge on any atom is -0.355 e. The van der Waals surface area contributed by atoms with Gasteiger partial charge < -0.3 is 10.2 Å². The van der Waals surface area contributed by atoms with Crippen molar-refractivity contribution in [3.05, 3.63) is 150 Å². The van der Waals surface area contributed by atoms with E-state index in [0.717, 1.165) is 28.4 Å². The third kappa shape index (κ3) is 4.90. The van der Waals surface area contributed by atoms with E-state index in [9.17, 15) is 0 Å². The van der Waals surface area contributed by atoms with E-state index < -0.39 is 0 Å². The predicted octanol–water partition coefficient (Wildman–Crippen LogP) is 14.5. The summed E-state index contributed by atoms with van der Waals surface area (Å²) in [4.78, 5) is 3.57. The highest BCUT2D eigenvalue weighted by atomic mass is 32.1. The summed E-state index contributed by atoms with van der Waals surface area (Å²) >= 11 is 5.49. The largest absolute Gasteiger partial charge is 0.355 e. The number of rotatable bonds is 7. The van der Waals surface area contributed by atoms with Crippen LogP contribution < -0.4 is 10.2 Å². The van der Waals surface area contributed by atoms with Crippen LogP contribution in [0.2, 0.25) is 0 Å². The van der Waals surface area contributed by atoms with Gasteiger partial charge in [0.15, 0.2) is 0 Å². The highest BCUT2D eigenvalue weighted by Crippen LogP contribution is 2.44. The van der Waals surface area contributed by atoms with Crippen molar-refractivity contribution in [3.8, 4) is 0 Å². The SMILES string of the molecule is C=Cc1sc2ccc(N(c3ccccc3)c3ccc4sc5cc(Nc6ccc7sc8ccccc8c7c6)ccc5c4c3)cc2c1/C=C\C. The lowest BCUT2D eigenvalue weighted by atomic mass is 10.1. The van der Waals surface area contributed by atoms with Crippen molar-refractivity contribution in [1.82, 2.24) is 0 Å². The number of benzene rings is 6. The first-order valence-electron chi connectivity index (χ1n) is 16.0. The molecule has 0 saturated carbocycles. The Hall–Kier alpha value is -5.20. The number of fused-ring (bicyclic) bond motifs is 7. The summed E-state index contributed by atoms with van der Waals surface area (Å²) in [5, 5.41) is 10.1. The Bertz CT molecular complexity index is 2690. The third-order valence-electron chi connectivity index (χ3n) is 8.91. The van der Waals surface area contributed by atoms with Crippen LogP contribution in [-0.2, 0) is 0 Å². The molecule has 0 aliphatic carbocycles. The van der Waals surface area contributed by atoms with E-state index in [4.69, 9.17) is 0 Å². The fourth-order valence-corrected chi connectivity index (χ4v) is 9.96. The standard InChI is InChI=1S/C43H30N2S3/c1-3-10-32-36-25-30(17-21-41(36)46-38(32)4-2)45(29-11-6-5-7-12-29)31-18-22-42-37(26-31)34-19-15-28(24-43(34)48-42)44-27-16-20-40-35(23-27)33-13-8-9-14-39(33)47-40/h3-26,44H,2H2,1H3/b10-3-. The van der Waals surface area contributed by atoms with Gasteiger partial charge in [0.2, 0.25) is 0 Å². The fourth-order valence-electron chi connectivity index (χ4n) is 6.73. The van der Waals surface area contributed by atoms with Gasteiger partial charge in [-0.05, 0) is 91.9 Å². The van der Waals surface area contributed by atoms with E-state index >= 15 is 0 Å². The molecule has 48 heavy (non-hydrogen) atoms. The Labute approximate surface area is 291 Å². The molecule has 0 radical (unpaired) electrons. The minimum atomic E-state index is 1.10. The quantitative estimate of drug-likeness (QED) is 0.182. The lowest BCUT2D eigenvalue weighted by Crippen LogP contribution is -2.09. The van der Waals surface area contributed by atoms with Crippen LogP contribution in [0, 0.1) is 0 Å². The number of hydrogen-bond donors (Lipinski definition) is 1. The van der Waals surface area contributed by atoms with Crippen molar-refractivity contribution in [1.29, 1.82) is 0 Å². The Kier molecular flexibility index (Phi) is 7.12. The van der Waals surface area contributed by atoms with Crippen molar-refractivity contribution >= 4 is 125 Å². The first kappa shape index (κ1) is 29.0. The summed E-state index contributed by atoms with van der Waals surface area (Å²) in [5.74, 6) is 0. The van der Waals surface area contributed by atoms with E-state index in [1.807, 2.05) is 28.7 Å². The fraction of sp³-hybridized carbons (Fsp3) is 0.0233. The molecule has 230 valence electrons. The maximum atomic E-state index is 4.08. The van der Waals surface area contributed by atoms with Crippen LogP contribution in [0.5, 0.6) is 0 Å². The van der Waals surface area contributed by atoms with Gasteiger partial charge in [-0.25, -0.2) is 0 Å². The molecule has 0 amide bonds. The maximum absolute atomic E-state index is 4.08. The van der Waals surface area contributed by atoms with E-state index in [-0.39, 0.29) is 0 Å². The molecule has 0 atom stereocenters. The number of allylic oxidation sites excluding steroid dienone is 1. The summed E-state index contributed by atoms with van der Waals surface area (Å²) in [6.07, 6.45) is 6.27. The lowest BCUT2D eigenvalue weighted by molar-refractivity contribution is 1.30. The molecule has 0 unspecified atom stereocenters. The highest BCUT2D eigenvalue weighted by molar-refractivity contribution is 7.26. The van der Waals surface area contributed by atoms with E-state index in [2.05, 4.69) is 163 Å². The number of para-hydroxylation sites is 1. The first-order chi connectivity index (χ1) is 23.7. The molecule has 0 aliphatic heterocycles. The van der Waals surface area contributed by atoms with Gasteiger partial charge in [0.1, 0.15) is 0 Å². The van der Waals surface area contributed by atoms with Crippen LogP contribution in [0.1, 0.15) is 17.4 Å². The first-order valence-corrected chi connectivity index (χ1v) is 18.4. The molecule has 9 rings (SSSR count). The molecule has 2 nitrogen and oxygen atoms in total. The normalized spacial score (nSPS) is 11.9. The molecule has 3 heterocycles. The Balaban J connectivity index is 1.11. The predicted molar refractivity (Wildman–Crippen MR) is 217 cm³/mol. The van der Waals surface area contributed by atoms with Gasteiger partial charge in [-0.1, -0.05) is 67.3 Å². The molecular weight excluding hydrogens is 641 g/mol. The highest BCUT2D eigenvalue weighted by Gasteiger charge is 2.17. The van der Waals surface area contributed by atoms with Crippen LogP contribution in [0.4, 0.5) is 28.4 Å². The van der Waals surface area contributed by atoms with Gasteiger partial charge in [0.25, 0.3) is 0 Å². The average Bonchev–Trinajstić information content (AvgIpc) is 3.79. The summed E-state index contributed by atoms with van der Waals surface area (Å²) in [5.41, 5.74) is 6.83. The Morgan fingerprint density at radius 2 is 1.12 bits per heavy atom. The zero-order chi connectivity index (χ0) is 32.2. The molecule has 0 fully saturated rings. The Morgan fingerprint density at radius 1 is 0.521 bits per heavy atom. The zero-order valence-corrected chi connectivity index (χ0v) is 28.7. The molecule has 0 aliphatic rings. The van der Waals surface area contributed by atoms with Crippen molar-refractivity contribution < 1.29 is 0 Å². The summed E-state index contributed by atoms with van der Waals surface area (Å²) < 4.78 is 6.46. The topological polar surface area (TPSA) is 15.3 Å². The monoisotopic (exact) mass is 670 g/mol. The zero-order valence-electron chi connectivity index (χ0n) is 26.2. The van der Waals surface area contributed by atoms with E-state index in [1.54, 1.807) is 11.3 Å². The number of anilines is 5. The molecule has 5 heteroatoms. The van der Waals surface area contributed by atoms with Crippen LogP contribution in [0.3, 0.4) is 0 Å². The molecule has 0 bridgehead atoms. The lowest BCUT2D eigenvalue weighted by Gasteiger charge is -2.25. The molecule has 0 spiro atoms. The van der Waals surface area contributed by atoms with Crippen molar-refractivity contribution in [2.45, 2.75) is 6.92 Å². The third-order valence-corrected chi connectivity index (χ3v) is 12.4. The molecular formula is C43H30N2S3. The smallest absolute Gasteiger partial charge is 0.0468 e.